The number of nitrogens with one attached hydrogen (secondary N) is 1. The van der Waals surface area contributed by atoms with Crippen LogP contribution < -0.4 is 4.74 Å². The van der Waals surface area contributed by atoms with Gasteiger partial charge in [0.2, 0.25) is 0 Å². The smallest absolute Gasteiger partial charge is 0.302 e. The summed E-state index contributed by atoms with van der Waals surface area (Å²) in [5.74, 6) is 0.646. The minimum atomic E-state index is -0.208. The van der Waals surface area contributed by atoms with Gasteiger partial charge in [-0.05, 0) is 42.2 Å². The number of hydrogen-bond acceptors (Lipinski definition) is 3. The molecule has 1 aliphatic rings. The van der Waals surface area contributed by atoms with Gasteiger partial charge < -0.3 is 14.5 Å². The Morgan fingerprint density at radius 2 is 2.04 bits per heavy atom. The molecule has 25 heavy (non-hydrogen) atoms. The second kappa shape index (κ2) is 6.63. The molecule has 0 unspecified atom stereocenters. The minimum Gasteiger partial charge on any atom is -0.489 e. The van der Waals surface area contributed by atoms with Gasteiger partial charge >= 0.3 is 5.97 Å². The average Bonchev–Trinajstić information content (AvgIpc) is 2.98. The molecule has 0 aliphatic heterocycles. The highest BCUT2D eigenvalue weighted by Gasteiger charge is 2.24. The summed E-state index contributed by atoms with van der Waals surface area (Å²) in [5, 5.41) is 1.16. The van der Waals surface area contributed by atoms with Gasteiger partial charge in [0.1, 0.15) is 18.5 Å². The van der Waals surface area contributed by atoms with Crippen LogP contribution in [0, 0.1) is 0 Å². The van der Waals surface area contributed by atoms with Crippen LogP contribution in [0.4, 0.5) is 0 Å². The van der Waals surface area contributed by atoms with E-state index in [1.54, 1.807) is 0 Å². The SMILES string of the molecule is CC(=O)O[C@H]1CCc2[nH]c3ccc(OCc4ccccc4)cc3c2C1. The zero-order valence-electron chi connectivity index (χ0n) is 14.2. The van der Waals surface area contributed by atoms with Crippen molar-refractivity contribution < 1.29 is 14.3 Å². The molecule has 1 aliphatic carbocycles. The van der Waals surface area contributed by atoms with Crippen LogP contribution in [0.1, 0.15) is 30.2 Å². The van der Waals surface area contributed by atoms with Crippen molar-refractivity contribution >= 4 is 16.9 Å². The van der Waals surface area contributed by atoms with Crippen molar-refractivity contribution in [2.75, 3.05) is 0 Å². The number of esters is 1. The minimum absolute atomic E-state index is 0.0297. The van der Waals surface area contributed by atoms with Gasteiger partial charge in [-0.2, -0.15) is 0 Å². The summed E-state index contributed by atoms with van der Waals surface area (Å²) in [5.41, 5.74) is 4.76. The van der Waals surface area contributed by atoms with Crippen molar-refractivity contribution in [1.82, 2.24) is 4.98 Å². The lowest BCUT2D eigenvalue weighted by Crippen LogP contribution is -2.24. The van der Waals surface area contributed by atoms with Crippen LogP contribution in [0.3, 0.4) is 0 Å². The van der Waals surface area contributed by atoms with Gasteiger partial charge in [0.05, 0.1) is 0 Å². The lowest BCUT2D eigenvalue weighted by molar-refractivity contribution is -0.146. The number of aryl methyl sites for hydroxylation is 1. The normalized spacial score (nSPS) is 16.4. The van der Waals surface area contributed by atoms with Crippen molar-refractivity contribution in [2.24, 2.45) is 0 Å². The molecule has 4 rings (SSSR count). The van der Waals surface area contributed by atoms with Gasteiger partial charge in [0, 0.05) is 29.9 Å². The number of hydrogen-bond donors (Lipinski definition) is 1. The summed E-state index contributed by atoms with van der Waals surface area (Å²) in [7, 11) is 0. The number of ether oxygens (including phenoxy) is 2. The molecule has 0 amide bonds. The number of aromatic amines is 1. The number of carbonyl (C=O) groups is 1. The third kappa shape index (κ3) is 3.38. The quantitative estimate of drug-likeness (QED) is 0.728. The summed E-state index contributed by atoms with van der Waals surface area (Å²) in [6.45, 7) is 2.02. The number of aromatic nitrogens is 1. The average molecular weight is 335 g/mol. The van der Waals surface area contributed by atoms with E-state index >= 15 is 0 Å². The van der Waals surface area contributed by atoms with Crippen molar-refractivity contribution in [3.63, 3.8) is 0 Å². The summed E-state index contributed by atoms with van der Waals surface area (Å²) in [4.78, 5) is 14.7. The van der Waals surface area contributed by atoms with Gasteiger partial charge in [-0.1, -0.05) is 30.3 Å². The molecule has 0 saturated carbocycles. The Labute approximate surface area is 146 Å². The topological polar surface area (TPSA) is 51.3 Å². The van der Waals surface area contributed by atoms with Crippen LogP contribution in [0.2, 0.25) is 0 Å². The van der Waals surface area contributed by atoms with Crippen LogP contribution in [-0.4, -0.2) is 17.1 Å². The van der Waals surface area contributed by atoms with Gasteiger partial charge in [-0.15, -0.1) is 0 Å². The highest BCUT2D eigenvalue weighted by Crippen LogP contribution is 2.32. The second-order valence-corrected chi connectivity index (χ2v) is 6.54. The molecule has 0 saturated heterocycles. The van der Waals surface area contributed by atoms with Gasteiger partial charge in [0.15, 0.2) is 0 Å². The van der Waals surface area contributed by atoms with E-state index in [-0.39, 0.29) is 12.1 Å². The Balaban J connectivity index is 1.57. The van der Waals surface area contributed by atoms with E-state index in [0.717, 1.165) is 41.5 Å². The van der Waals surface area contributed by atoms with Crippen LogP contribution >= 0.6 is 0 Å². The summed E-state index contributed by atoms with van der Waals surface area (Å²) in [6, 6.07) is 16.3. The molecule has 4 heteroatoms. The Hall–Kier alpha value is -2.75. The van der Waals surface area contributed by atoms with Crippen molar-refractivity contribution in [3.8, 4) is 5.75 Å². The Morgan fingerprint density at radius 1 is 1.20 bits per heavy atom. The Kier molecular flexibility index (Phi) is 4.18. The number of H-pyrrole nitrogens is 1. The maximum Gasteiger partial charge on any atom is 0.302 e. The number of benzene rings is 2. The first-order valence-corrected chi connectivity index (χ1v) is 8.66. The molecule has 1 N–H and O–H groups in total. The zero-order valence-corrected chi connectivity index (χ0v) is 14.2. The van der Waals surface area contributed by atoms with Crippen LogP contribution in [0.25, 0.3) is 10.9 Å². The molecule has 2 aromatic carbocycles. The first-order valence-electron chi connectivity index (χ1n) is 8.66. The van der Waals surface area contributed by atoms with Crippen molar-refractivity contribution in [3.05, 3.63) is 65.4 Å². The van der Waals surface area contributed by atoms with E-state index in [9.17, 15) is 4.79 Å². The fraction of sp³-hybridized carbons (Fsp3) is 0.286. The van der Waals surface area contributed by atoms with Crippen molar-refractivity contribution in [1.29, 1.82) is 0 Å². The molecule has 1 aromatic heterocycles. The molecular weight excluding hydrogens is 314 g/mol. The largest absolute Gasteiger partial charge is 0.489 e. The van der Waals surface area contributed by atoms with E-state index in [1.165, 1.54) is 18.2 Å². The lowest BCUT2D eigenvalue weighted by Gasteiger charge is -2.22. The molecule has 0 spiro atoms. The fourth-order valence-corrected chi connectivity index (χ4v) is 3.53. The Morgan fingerprint density at radius 3 is 2.84 bits per heavy atom. The van der Waals surface area contributed by atoms with Crippen LogP contribution in [-0.2, 0) is 29.0 Å². The zero-order chi connectivity index (χ0) is 17.2. The molecule has 1 heterocycles. The monoisotopic (exact) mass is 335 g/mol. The maximum atomic E-state index is 11.2. The third-order valence-corrected chi connectivity index (χ3v) is 4.70. The number of rotatable bonds is 4. The van der Waals surface area contributed by atoms with Crippen molar-refractivity contribution in [2.45, 2.75) is 38.9 Å². The number of carbonyl (C=O) groups excluding carboxylic acids is 1. The molecule has 0 fully saturated rings. The summed E-state index contributed by atoms with van der Waals surface area (Å²) >= 11 is 0. The predicted molar refractivity (Wildman–Crippen MR) is 96.7 cm³/mol. The molecule has 0 radical (unpaired) electrons. The number of fused-ring (bicyclic) bond motifs is 3. The van der Waals surface area contributed by atoms with Gasteiger partial charge in [-0.3, -0.25) is 4.79 Å². The van der Waals surface area contributed by atoms with Gasteiger partial charge in [-0.25, -0.2) is 0 Å². The first kappa shape index (κ1) is 15.8. The third-order valence-electron chi connectivity index (χ3n) is 4.70. The highest BCUT2D eigenvalue weighted by molar-refractivity contribution is 5.86. The van der Waals surface area contributed by atoms with E-state index in [2.05, 4.69) is 29.2 Å². The predicted octanol–water partition coefficient (Wildman–Crippen LogP) is 4.17. The Bertz CT molecular complexity index is 898. The van der Waals surface area contributed by atoms with Crippen LogP contribution in [0.15, 0.2) is 48.5 Å². The fourth-order valence-electron chi connectivity index (χ4n) is 3.53. The molecule has 128 valence electrons. The molecule has 0 bridgehead atoms. The first-order chi connectivity index (χ1) is 12.2. The molecule has 3 aromatic rings. The van der Waals surface area contributed by atoms with E-state index < -0.39 is 0 Å². The summed E-state index contributed by atoms with van der Waals surface area (Å²) in [6.07, 6.45) is 2.51. The standard InChI is InChI=1S/C21H21NO3/c1-14(23)25-17-8-10-21-19(12-17)18-11-16(7-9-20(18)22-21)24-13-15-5-3-2-4-6-15/h2-7,9,11,17,22H,8,10,12-13H2,1H3/t17-/m0/s1. The maximum absolute atomic E-state index is 11.2. The summed E-state index contributed by atoms with van der Waals surface area (Å²) < 4.78 is 11.4. The van der Waals surface area contributed by atoms with E-state index in [4.69, 9.17) is 9.47 Å². The van der Waals surface area contributed by atoms with E-state index in [0.29, 0.717) is 6.61 Å². The van der Waals surface area contributed by atoms with Gasteiger partial charge in [0.25, 0.3) is 0 Å². The molecule has 1 atom stereocenters. The van der Waals surface area contributed by atoms with E-state index in [1.807, 2.05) is 24.3 Å². The molecular formula is C21H21NO3. The van der Waals surface area contributed by atoms with Crippen LogP contribution in [0.5, 0.6) is 5.75 Å². The molecule has 4 nitrogen and oxygen atoms in total. The second-order valence-electron chi connectivity index (χ2n) is 6.54. The lowest BCUT2D eigenvalue weighted by atomic mass is 9.93. The highest BCUT2D eigenvalue weighted by atomic mass is 16.5.